The number of hydrogen-bond donors (Lipinski definition) is 1. The quantitative estimate of drug-likeness (QED) is 0.754. The first-order chi connectivity index (χ1) is 10.2. The molecule has 21 heavy (non-hydrogen) atoms. The molecule has 0 spiro atoms. The number of thioether (sulfide) groups is 1. The Morgan fingerprint density at radius 1 is 1.14 bits per heavy atom. The van der Waals surface area contributed by atoms with Crippen molar-refractivity contribution in [2.45, 2.75) is 33.2 Å². The second-order valence-corrected chi connectivity index (χ2v) is 6.26. The van der Waals surface area contributed by atoms with E-state index in [1.54, 1.807) is 0 Å². The Labute approximate surface area is 132 Å². The molecule has 114 valence electrons. The molecule has 0 bridgehead atoms. The fraction of sp³-hybridized carbons (Fsp3) is 0.471. The SMILES string of the molecule is CSCCCCNCc1c(C)nn(-c2ccccc2)c1C. The van der Waals surface area contributed by atoms with Crippen LogP contribution >= 0.6 is 11.8 Å². The van der Waals surface area contributed by atoms with E-state index < -0.39 is 0 Å². The zero-order chi connectivity index (χ0) is 15.1. The molecule has 2 aromatic rings. The van der Waals surface area contributed by atoms with Crippen molar-refractivity contribution in [2.24, 2.45) is 0 Å². The summed E-state index contributed by atoms with van der Waals surface area (Å²) in [4.78, 5) is 0. The number of para-hydroxylation sites is 1. The highest BCUT2D eigenvalue weighted by atomic mass is 32.2. The van der Waals surface area contributed by atoms with Gasteiger partial charge in [0, 0.05) is 17.8 Å². The highest BCUT2D eigenvalue weighted by Gasteiger charge is 2.11. The van der Waals surface area contributed by atoms with Crippen LogP contribution in [-0.2, 0) is 6.54 Å². The van der Waals surface area contributed by atoms with Crippen molar-refractivity contribution in [3.63, 3.8) is 0 Å². The topological polar surface area (TPSA) is 29.9 Å². The lowest BCUT2D eigenvalue weighted by Gasteiger charge is -2.07. The number of hydrogen-bond acceptors (Lipinski definition) is 3. The van der Waals surface area contributed by atoms with Gasteiger partial charge in [0.25, 0.3) is 0 Å². The van der Waals surface area contributed by atoms with Gasteiger partial charge in [0.05, 0.1) is 11.4 Å². The lowest BCUT2D eigenvalue weighted by molar-refractivity contribution is 0.640. The second-order valence-electron chi connectivity index (χ2n) is 5.27. The average Bonchev–Trinajstić information content (AvgIpc) is 2.79. The van der Waals surface area contributed by atoms with Crippen LogP contribution in [0.15, 0.2) is 30.3 Å². The summed E-state index contributed by atoms with van der Waals surface area (Å²) >= 11 is 1.92. The van der Waals surface area contributed by atoms with E-state index in [0.29, 0.717) is 0 Å². The van der Waals surface area contributed by atoms with Gasteiger partial charge < -0.3 is 5.32 Å². The van der Waals surface area contributed by atoms with Gasteiger partial charge in [0.2, 0.25) is 0 Å². The van der Waals surface area contributed by atoms with E-state index in [2.05, 4.69) is 54.8 Å². The number of unbranched alkanes of at least 4 members (excludes halogenated alkanes) is 1. The van der Waals surface area contributed by atoms with E-state index in [9.17, 15) is 0 Å². The number of rotatable bonds is 8. The van der Waals surface area contributed by atoms with Crippen LogP contribution in [0.4, 0.5) is 0 Å². The number of nitrogens with zero attached hydrogens (tertiary/aromatic N) is 2. The Morgan fingerprint density at radius 3 is 2.62 bits per heavy atom. The van der Waals surface area contributed by atoms with E-state index in [0.717, 1.165) is 24.5 Å². The van der Waals surface area contributed by atoms with Crippen molar-refractivity contribution in [1.29, 1.82) is 0 Å². The third-order valence-electron chi connectivity index (χ3n) is 3.70. The maximum absolute atomic E-state index is 4.68. The van der Waals surface area contributed by atoms with Crippen molar-refractivity contribution in [3.8, 4) is 5.69 Å². The Bertz CT molecular complexity index is 549. The summed E-state index contributed by atoms with van der Waals surface area (Å²) in [5.74, 6) is 1.26. The average molecular weight is 303 g/mol. The molecule has 3 nitrogen and oxygen atoms in total. The van der Waals surface area contributed by atoms with Gasteiger partial charge in [-0.25, -0.2) is 4.68 Å². The largest absolute Gasteiger partial charge is 0.313 e. The van der Waals surface area contributed by atoms with Crippen LogP contribution in [0.25, 0.3) is 5.69 Å². The van der Waals surface area contributed by atoms with Crippen LogP contribution in [0.3, 0.4) is 0 Å². The van der Waals surface area contributed by atoms with Crippen molar-refractivity contribution >= 4 is 11.8 Å². The Balaban J connectivity index is 1.96. The van der Waals surface area contributed by atoms with Crippen LogP contribution in [-0.4, -0.2) is 28.3 Å². The molecule has 1 aromatic carbocycles. The lowest BCUT2D eigenvalue weighted by atomic mass is 10.2. The highest BCUT2D eigenvalue weighted by molar-refractivity contribution is 7.98. The minimum Gasteiger partial charge on any atom is -0.313 e. The van der Waals surface area contributed by atoms with Gasteiger partial charge in [-0.3, -0.25) is 0 Å². The van der Waals surface area contributed by atoms with Gasteiger partial charge in [0.1, 0.15) is 0 Å². The Kier molecular flexibility index (Phi) is 6.33. The van der Waals surface area contributed by atoms with Gasteiger partial charge >= 0.3 is 0 Å². The van der Waals surface area contributed by atoms with E-state index in [1.165, 1.54) is 29.9 Å². The normalized spacial score (nSPS) is 11.0. The minimum absolute atomic E-state index is 0.907. The Hall–Kier alpha value is -1.26. The molecule has 0 aliphatic heterocycles. The summed E-state index contributed by atoms with van der Waals surface area (Å²) < 4.78 is 2.04. The predicted octanol–water partition coefficient (Wildman–Crippen LogP) is 3.72. The monoisotopic (exact) mass is 303 g/mol. The van der Waals surface area contributed by atoms with Crippen LogP contribution in [0, 0.1) is 13.8 Å². The van der Waals surface area contributed by atoms with Crippen LogP contribution in [0.2, 0.25) is 0 Å². The van der Waals surface area contributed by atoms with Crippen LogP contribution in [0.5, 0.6) is 0 Å². The third-order valence-corrected chi connectivity index (χ3v) is 4.39. The van der Waals surface area contributed by atoms with Gasteiger partial charge in [-0.1, -0.05) is 18.2 Å². The molecular weight excluding hydrogens is 278 g/mol. The van der Waals surface area contributed by atoms with Crippen LogP contribution in [0.1, 0.15) is 29.8 Å². The molecule has 0 atom stereocenters. The molecule has 1 N–H and O–H groups in total. The summed E-state index contributed by atoms with van der Waals surface area (Å²) in [5, 5.41) is 8.23. The molecule has 1 heterocycles. The number of aryl methyl sites for hydroxylation is 1. The number of benzene rings is 1. The summed E-state index contributed by atoms with van der Waals surface area (Å²) in [6, 6.07) is 10.3. The molecule has 0 fully saturated rings. The maximum Gasteiger partial charge on any atom is 0.0648 e. The second kappa shape index (κ2) is 8.25. The molecule has 0 saturated heterocycles. The highest BCUT2D eigenvalue weighted by Crippen LogP contribution is 2.17. The molecule has 2 rings (SSSR count). The molecule has 0 saturated carbocycles. The number of nitrogens with one attached hydrogen (secondary N) is 1. The molecular formula is C17H25N3S. The standard InChI is InChI=1S/C17H25N3S/c1-14-17(13-18-11-7-8-12-21-3)15(2)20(19-14)16-9-5-4-6-10-16/h4-6,9-10,18H,7-8,11-13H2,1-3H3. The zero-order valence-corrected chi connectivity index (χ0v) is 14.0. The van der Waals surface area contributed by atoms with Crippen molar-refractivity contribution in [3.05, 3.63) is 47.3 Å². The summed E-state index contributed by atoms with van der Waals surface area (Å²) in [6.07, 6.45) is 4.69. The van der Waals surface area contributed by atoms with Gasteiger partial charge in [-0.2, -0.15) is 16.9 Å². The maximum atomic E-state index is 4.68. The van der Waals surface area contributed by atoms with E-state index >= 15 is 0 Å². The third kappa shape index (κ3) is 4.35. The fourth-order valence-electron chi connectivity index (χ4n) is 2.46. The van der Waals surface area contributed by atoms with E-state index in [4.69, 9.17) is 0 Å². The minimum atomic E-state index is 0.907. The predicted molar refractivity (Wildman–Crippen MR) is 92.4 cm³/mol. The first-order valence-corrected chi connectivity index (χ1v) is 8.93. The summed E-state index contributed by atoms with van der Waals surface area (Å²) in [5.41, 5.74) is 4.80. The van der Waals surface area contributed by atoms with Gasteiger partial charge in [0.15, 0.2) is 0 Å². The van der Waals surface area contributed by atoms with Crippen molar-refractivity contribution in [1.82, 2.24) is 15.1 Å². The first-order valence-electron chi connectivity index (χ1n) is 7.54. The molecule has 0 unspecified atom stereocenters. The molecule has 0 aliphatic rings. The lowest BCUT2D eigenvalue weighted by Crippen LogP contribution is -2.16. The molecule has 4 heteroatoms. The molecule has 0 radical (unpaired) electrons. The van der Waals surface area contributed by atoms with E-state index in [1.807, 2.05) is 22.5 Å². The van der Waals surface area contributed by atoms with Gasteiger partial charge in [-0.15, -0.1) is 0 Å². The summed E-state index contributed by atoms with van der Waals surface area (Å²) in [7, 11) is 0. The van der Waals surface area contributed by atoms with Crippen molar-refractivity contribution in [2.75, 3.05) is 18.6 Å². The zero-order valence-electron chi connectivity index (χ0n) is 13.2. The molecule has 1 aromatic heterocycles. The van der Waals surface area contributed by atoms with E-state index in [-0.39, 0.29) is 0 Å². The Morgan fingerprint density at radius 2 is 1.90 bits per heavy atom. The molecule has 0 aliphatic carbocycles. The molecule has 0 amide bonds. The smallest absolute Gasteiger partial charge is 0.0648 e. The van der Waals surface area contributed by atoms with Crippen molar-refractivity contribution < 1.29 is 0 Å². The number of aromatic nitrogens is 2. The van der Waals surface area contributed by atoms with Crippen LogP contribution < -0.4 is 5.32 Å². The summed E-state index contributed by atoms with van der Waals surface area (Å²) in [6.45, 7) is 6.23. The van der Waals surface area contributed by atoms with Gasteiger partial charge in [-0.05, 0) is 57.4 Å². The fourth-order valence-corrected chi connectivity index (χ4v) is 2.95. The first kappa shape index (κ1) is 16.1.